The summed E-state index contributed by atoms with van der Waals surface area (Å²) in [7, 11) is -2.07. The van der Waals surface area contributed by atoms with Crippen LogP contribution in [0.2, 0.25) is 0 Å². The van der Waals surface area contributed by atoms with E-state index in [-0.39, 0.29) is 0 Å². The third-order valence-corrected chi connectivity index (χ3v) is 8.36. The second-order valence-corrected chi connectivity index (χ2v) is 10.2. The number of thiazole rings is 1. The van der Waals surface area contributed by atoms with Crippen LogP contribution >= 0.6 is 27.3 Å². The first-order chi connectivity index (χ1) is 12.3. The lowest BCUT2D eigenvalue weighted by molar-refractivity contribution is 0.418. The lowest BCUT2D eigenvalue weighted by Gasteiger charge is -2.28. The van der Waals surface area contributed by atoms with Crippen molar-refractivity contribution in [2.75, 3.05) is 7.05 Å². The van der Waals surface area contributed by atoms with Crippen molar-refractivity contribution >= 4 is 37.3 Å². The van der Waals surface area contributed by atoms with Crippen LogP contribution in [0.25, 0.3) is 0 Å². The molecule has 1 heterocycles. The molecule has 0 saturated carbocycles. The summed E-state index contributed by atoms with van der Waals surface area (Å²) >= 11 is 4.78. The van der Waals surface area contributed by atoms with Crippen molar-refractivity contribution in [3.63, 3.8) is 0 Å². The second kappa shape index (κ2) is 7.60. The molecule has 0 aliphatic rings. The topological polar surface area (TPSA) is 50.3 Å². The van der Waals surface area contributed by atoms with Gasteiger partial charge in [0.2, 0.25) is 0 Å². The van der Waals surface area contributed by atoms with Gasteiger partial charge >= 0.3 is 0 Å². The first-order valence-corrected chi connectivity index (χ1v) is 11.1. The molecule has 0 aliphatic carbocycles. The first-order valence-electron chi connectivity index (χ1n) is 8.04. The van der Waals surface area contributed by atoms with Gasteiger partial charge in [0.05, 0.1) is 16.7 Å². The van der Waals surface area contributed by atoms with E-state index in [4.69, 9.17) is 0 Å². The second-order valence-electron chi connectivity index (χ2n) is 5.96. The van der Waals surface area contributed by atoms with E-state index in [1.807, 2.05) is 61.5 Å². The van der Waals surface area contributed by atoms with Crippen molar-refractivity contribution in [3.8, 4) is 0 Å². The number of aryl methyl sites for hydroxylation is 2. The molecular weight excluding hydrogens is 432 g/mol. The summed E-state index contributed by atoms with van der Waals surface area (Å²) in [5.41, 5.74) is 2.34. The number of hydrogen-bond donors (Lipinski definition) is 0. The Morgan fingerprint density at radius 2 is 1.65 bits per heavy atom. The molecule has 1 aromatic heterocycles. The zero-order valence-corrected chi connectivity index (χ0v) is 17.9. The van der Waals surface area contributed by atoms with Gasteiger partial charge < -0.3 is 0 Å². The van der Waals surface area contributed by atoms with Crippen molar-refractivity contribution in [2.45, 2.75) is 24.1 Å². The Balaban J connectivity index is 2.16. The normalized spacial score (nSPS) is 13.1. The van der Waals surface area contributed by atoms with Crippen molar-refractivity contribution in [1.29, 1.82) is 0 Å². The van der Waals surface area contributed by atoms with Crippen molar-refractivity contribution in [2.24, 2.45) is 0 Å². The molecule has 0 N–H and O–H groups in total. The monoisotopic (exact) mass is 450 g/mol. The molecule has 7 heteroatoms. The van der Waals surface area contributed by atoms with E-state index in [1.54, 1.807) is 14.0 Å². The number of benzene rings is 2. The maximum atomic E-state index is 13.3. The van der Waals surface area contributed by atoms with Gasteiger partial charge in [0.25, 0.3) is 10.0 Å². The highest BCUT2D eigenvalue weighted by molar-refractivity contribution is 9.10. The Morgan fingerprint density at radius 3 is 2.23 bits per heavy atom. The molecule has 3 rings (SSSR count). The SMILES string of the molecule is Cc1nc(C)c(S(=O)(=O)N(C)C(c2ccccc2)c2ccccc2Br)s1. The van der Waals surface area contributed by atoms with Gasteiger partial charge in [0.1, 0.15) is 0 Å². The van der Waals surface area contributed by atoms with E-state index in [1.165, 1.54) is 15.6 Å². The summed E-state index contributed by atoms with van der Waals surface area (Å²) in [6.07, 6.45) is 0. The third kappa shape index (κ3) is 3.62. The van der Waals surface area contributed by atoms with Crippen LogP contribution in [0.4, 0.5) is 0 Å². The van der Waals surface area contributed by atoms with Gasteiger partial charge in [0, 0.05) is 11.5 Å². The maximum absolute atomic E-state index is 13.3. The van der Waals surface area contributed by atoms with Crippen LogP contribution < -0.4 is 0 Å². The number of rotatable bonds is 5. The zero-order valence-electron chi connectivity index (χ0n) is 14.7. The average Bonchev–Trinajstić information content (AvgIpc) is 2.97. The molecule has 0 bridgehead atoms. The van der Waals surface area contributed by atoms with E-state index >= 15 is 0 Å². The predicted molar refractivity (Wildman–Crippen MR) is 109 cm³/mol. The lowest BCUT2D eigenvalue weighted by atomic mass is 9.99. The van der Waals surface area contributed by atoms with E-state index in [0.29, 0.717) is 9.90 Å². The van der Waals surface area contributed by atoms with Crippen molar-refractivity contribution < 1.29 is 8.42 Å². The molecule has 0 fully saturated rings. The van der Waals surface area contributed by atoms with E-state index in [0.717, 1.165) is 20.6 Å². The molecular formula is C19H19BrN2O2S2. The highest BCUT2D eigenvalue weighted by Crippen LogP contribution is 2.37. The van der Waals surface area contributed by atoms with Crippen LogP contribution in [0, 0.1) is 13.8 Å². The number of halogens is 1. The van der Waals surface area contributed by atoms with Crippen LogP contribution in [-0.4, -0.2) is 24.8 Å². The lowest BCUT2D eigenvalue weighted by Crippen LogP contribution is -2.32. The molecule has 0 saturated heterocycles. The fraction of sp³-hybridized carbons (Fsp3) is 0.211. The number of hydrogen-bond acceptors (Lipinski definition) is 4. The van der Waals surface area contributed by atoms with Crippen LogP contribution in [0.3, 0.4) is 0 Å². The fourth-order valence-electron chi connectivity index (χ4n) is 2.94. The highest BCUT2D eigenvalue weighted by atomic mass is 79.9. The molecule has 136 valence electrons. The van der Waals surface area contributed by atoms with Gasteiger partial charge in [-0.1, -0.05) is 64.5 Å². The van der Waals surface area contributed by atoms with Gasteiger partial charge in [0.15, 0.2) is 4.21 Å². The smallest absolute Gasteiger partial charge is 0.245 e. The Labute approximate surface area is 166 Å². The van der Waals surface area contributed by atoms with Crippen LogP contribution in [-0.2, 0) is 10.0 Å². The molecule has 26 heavy (non-hydrogen) atoms. The van der Waals surface area contributed by atoms with Crippen LogP contribution in [0.15, 0.2) is 63.3 Å². The molecule has 0 amide bonds. The molecule has 1 atom stereocenters. The third-order valence-electron chi connectivity index (χ3n) is 4.15. The van der Waals surface area contributed by atoms with Gasteiger partial charge in [-0.25, -0.2) is 13.4 Å². The Bertz CT molecular complexity index is 1020. The number of aromatic nitrogens is 1. The summed E-state index contributed by atoms with van der Waals surface area (Å²) in [6.45, 7) is 3.55. The van der Waals surface area contributed by atoms with Crippen molar-refractivity contribution in [1.82, 2.24) is 9.29 Å². The van der Waals surface area contributed by atoms with E-state index in [2.05, 4.69) is 20.9 Å². The summed E-state index contributed by atoms with van der Waals surface area (Å²) in [4.78, 5) is 4.29. The van der Waals surface area contributed by atoms with Gasteiger partial charge in [-0.2, -0.15) is 4.31 Å². The number of sulfonamides is 1. The quantitative estimate of drug-likeness (QED) is 0.553. The van der Waals surface area contributed by atoms with Gasteiger partial charge in [-0.05, 0) is 31.0 Å². The largest absolute Gasteiger partial charge is 0.255 e. The molecule has 0 spiro atoms. The molecule has 3 aromatic rings. The van der Waals surface area contributed by atoms with E-state index < -0.39 is 16.1 Å². The summed E-state index contributed by atoms with van der Waals surface area (Å²) in [5, 5.41) is 0.742. The zero-order chi connectivity index (χ0) is 18.9. The van der Waals surface area contributed by atoms with Gasteiger partial charge in [-0.3, -0.25) is 0 Å². The fourth-order valence-corrected chi connectivity index (χ4v) is 6.41. The van der Waals surface area contributed by atoms with Crippen molar-refractivity contribution in [3.05, 3.63) is 80.9 Å². The van der Waals surface area contributed by atoms with Crippen LogP contribution in [0.5, 0.6) is 0 Å². The summed E-state index contributed by atoms with van der Waals surface area (Å²) in [6, 6.07) is 16.9. The number of nitrogens with zero attached hydrogens (tertiary/aromatic N) is 2. The standard InChI is InChI=1S/C19H19BrN2O2S2/c1-13-19(25-14(2)21-13)26(23,24)22(3)18(15-9-5-4-6-10-15)16-11-7-8-12-17(16)20/h4-12,18H,1-3H3. The first kappa shape index (κ1) is 19.2. The highest BCUT2D eigenvalue weighted by Gasteiger charge is 2.33. The van der Waals surface area contributed by atoms with E-state index in [9.17, 15) is 8.42 Å². The Hall–Kier alpha value is -1.54. The maximum Gasteiger partial charge on any atom is 0.255 e. The minimum absolute atomic E-state index is 0.297. The molecule has 2 aromatic carbocycles. The Kier molecular flexibility index (Phi) is 5.62. The molecule has 1 unspecified atom stereocenters. The molecule has 4 nitrogen and oxygen atoms in total. The predicted octanol–water partition coefficient (Wildman–Crippen LogP) is 4.93. The minimum Gasteiger partial charge on any atom is -0.245 e. The molecule has 0 radical (unpaired) electrons. The average molecular weight is 451 g/mol. The molecule has 0 aliphatic heterocycles. The summed E-state index contributed by atoms with van der Waals surface area (Å²) < 4.78 is 29.3. The Morgan fingerprint density at radius 1 is 1.04 bits per heavy atom. The summed E-state index contributed by atoms with van der Waals surface area (Å²) in [5.74, 6) is 0. The van der Waals surface area contributed by atoms with Gasteiger partial charge in [-0.15, -0.1) is 11.3 Å². The van der Waals surface area contributed by atoms with Crippen LogP contribution in [0.1, 0.15) is 27.9 Å². The minimum atomic E-state index is -3.69.